The number of nitriles is 1. The Morgan fingerprint density at radius 1 is 1.03 bits per heavy atom. The van der Waals surface area contributed by atoms with Gasteiger partial charge in [-0.2, -0.15) is 5.26 Å². The zero-order chi connectivity index (χ0) is 20.6. The Labute approximate surface area is 181 Å². The fourth-order valence-corrected chi connectivity index (χ4v) is 3.87. The van der Waals surface area contributed by atoms with Crippen LogP contribution in [0, 0.1) is 11.3 Å². The van der Waals surface area contributed by atoms with Gasteiger partial charge in [0, 0.05) is 49.3 Å². The van der Waals surface area contributed by atoms with Gasteiger partial charge in [-0.15, -0.1) is 0 Å². The molecule has 7 heteroatoms. The average molecular weight is 431 g/mol. The second-order valence-corrected chi connectivity index (χ2v) is 8.04. The lowest BCUT2D eigenvalue weighted by Crippen LogP contribution is -2.49. The summed E-state index contributed by atoms with van der Waals surface area (Å²) < 4.78 is 0. The van der Waals surface area contributed by atoms with Gasteiger partial charge in [0.15, 0.2) is 0 Å². The summed E-state index contributed by atoms with van der Waals surface area (Å²) in [6.07, 6.45) is 0.681. The summed E-state index contributed by atoms with van der Waals surface area (Å²) in [6.45, 7) is 5.42. The molecule has 0 aromatic heterocycles. The number of amides is 1. The summed E-state index contributed by atoms with van der Waals surface area (Å²) in [4.78, 5) is 16.8. The second kappa shape index (κ2) is 10.6. The number of carbonyl (C=O) groups excluding carboxylic acids is 1. The zero-order valence-electron chi connectivity index (χ0n) is 16.2. The summed E-state index contributed by atoms with van der Waals surface area (Å²) in [6, 6.07) is 15.3. The molecule has 0 unspecified atom stereocenters. The maximum absolute atomic E-state index is 12.2. The van der Waals surface area contributed by atoms with Crippen molar-refractivity contribution < 1.29 is 4.79 Å². The van der Waals surface area contributed by atoms with E-state index in [2.05, 4.69) is 21.2 Å². The van der Waals surface area contributed by atoms with E-state index >= 15 is 0 Å². The molecule has 0 bridgehead atoms. The standard InChI is InChI=1S/C22H24Cl2N4O/c23-20-6-5-19(21(24)13-20)7-8-26-22(29)16-28-11-9-27(10-12-28)15-18-3-1-17(14-25)2-4-18/h1-6,13H,7-12,15-16H2,(H,26,29). The molecule has 1 heterocycles. The molecule has 29 heavy (non-hydrogen) atoms. The van der Waals surface area contributed by atoms with E-state index < -0.39 is 0 Å². The number of piperazine rings is 1. The highest BCUT2D eigenvalue weighted by molar-refractivity contribution is 6.35. The molecule has 1 aliphatic rings. The predicted octanol–water partition coefficient (Wildman–Crippen LogP) is 3.34. The first-order valence-electron chi connectivity index (χ1n) is 9.68. The molecule has 0 spiro atoms. The summed E-state index contributed by atoms with van der Waals surface area (Å²) in [5.41, 5.74) is 2.87. The Morgan fingerprint density at radius 2 is 1.72 bits per heavy atom. The molecule has 1 fully saturated rings. The van der Waals surface area contributed by atoms with Gasteiger partial charge in [0.05, 0.1) is 18.2 Å². The van der Waals surface area contributed by atoms with E-state index in [9.17, 15) is 4.79 Å². The van der Waals surface area contributed by atoms with E-state index in [0.717, 1.165) is 38.3 Å². The van der Waals surface area contributed by atoms with Crippen LogP contribution in [0.5, 0.6) is 0 Å². The lowest BCUT2D eigenvalue weighted by Gasteiger charge is -2.34. The van der Waals surface area contributed by atoms with Gasteiger partial charge in [0.1, 0.15) is 0 Å². The highest BCUT2D eigenvalue weighted by Crippen LogP contribution is 2.21. The van der Waals surface area contributed by atoms with Crippen molar-refractivity contribution in [1.82, 2.24) is 15.1 Å². The molecule has 1 aliphatic heterocycles. The topological polar surface area (TPSA) is 59.4 Å². The largest absolute Gasteiger partial charge is 0.355 e. The van der Waals surface area contributed by atoms with E-state index in [-0.39, 0.29) is 5.91 Å². The van der Waals surface area contributed by atoms with E-state index in [1.807, 2.05) is 36.4 Å². The van der Waals surface area contributed by atoms with Crippen molar-refractivity contribution in [3.8, 4) is 6.07 Å². The van der Waals surface area contributed by atoms with Crippen molar-refractivity contribution in [3.63, 3.8) is 0 Å². The SMILES string of the molecule is N#Cc1ccc(CN2CCN(CC(=O)NCCc3ccc(Cl)cc3Cl)CC2)cc1. The van der Waals surface area contributed by atoms with E-state index in [4.69, 9.17) is 28.5 Å². The molecule has 1 saturated heterocycles. The van der Waals surface area contributed by atoms with Gasteiger partial charge in [0.2, 0.25) is 5.91 Å². The Kier molecular flexibility index (Phi) is 7.91. The minimum absolute atomic E-state index is 0.0376. The fraction of sp³-hybridized carbons (Fsp3) is 0.364. The highest BCUT2D eigenvalue weighted by Gasteiger charge is 2.19. The van der Waals surface area contributed by atoms with E-state index in [1.54, 1.807) is 6.07 Å². The third kappa shape index (κ3) is 6.73. The number of nitrogens with zero attached hydrogens (tertiary/aromatic N) is 3. The molecule has 1 amide bonds. The Bertz CT molecular complexity index is 871. The van der Waals surface area contributed by atoms with Crippen molar-refractivity contribution in [2.75, 3.05) is 39.3 Å². The monoisotopic (exact) mass is 430 g/mol. The smallest absolute Gasteiger partial charge is 0.234 e. The maximum Gasteiger partial charge on any atom is 0.234 e. The molecule has 3 rings (SSSR count). The van der Waals surface area contributed by atoms with Gasteiger partial charge in [-0.25, -0.2) is 0 Å². The van der Waals surface area contributed by atoms with E-state index in [0.29, 0.717) is 35.1 Å². The van der Waals surface area contributed by atoms with Crippen molar-refractivity contribution in [3.05, 3.63) is 69.2 Å². The van der Waals surface area contributed by atoms with Crippen LogP contribution in [0.2, 0.25) is 10.0 Å². The molecule has 2 aromatic rings. The van der Waals surface area contributed by atoms with Gasteiger partial charge < -0.3 is 5.32 Å². The highest BCUT2D eigenvalue weighted by atomic mass is 35.5. The Balaban J connectivity index is 1.35. The first-order valence-corrected chi connectivity index (χ1v) is 10.4. The molecule has 5 nitrogen and oxygen atoms in total. The second-order valence-electron chi connectivity index (χ2n) is 7.20. The number of hydrogen-bond donors (Lipinski definition) is 1. The molecule has 0 saturated carbocycles. The van der Waals surface area contributed by atoms with Crippen LogP contribution in [-0.2, 0) is 17.8 Å². The summed E-state index contributed by atoms with van der Waals surface area (Å²) in [5.74, 6) is 0.0376. The van der Waals surface area contributed by atoms with E-state index in [1.165, 1.54) is 5.56 Å². The number of carbonyl (C=O) groups is 1. The van der Waals surface area contributed by atoms with Gasteiger partial charge in [0.25, 0.3) is 0 Å². The normalized spacial score (nSPS) is 15.1. The molecule has 1 N–H and O–H groups in total. The molecule has 0 radical (unpaired) electrons. The summed E-state index contributed by atoms with van der Waals surface area (Å²) in [5, 5.41) is 13.1. The Morgan fingerprint density at radius 3 is 2.38 bits per heavy atom. The maximum atomic E-state index is 12.2. The van der Waals surface area contributed by atoms with Crippen LogP contribution in [0.4, 0.5) is 0 Å². The van der Waals surface area contributed by atoms with Gasteiger partial charge in [-0.3, -0.25) is 14.6 Å². The lowest BCUT2D eigenvalue weighted by atomic mass is 10.1. The molecule has 2 aromatic carbocycles. The van der Waals surface area contributed by atoms with Crippen molar-refractivity contribution in [1.29, 1.82) is 5.26 Å². The minimum Gasteiger partial charge on any atom is -0.355 e. The summed E-state index contributed by atoms with van der Waals surface area (Å²) in [7, 11) is 0. The van der Waals surface area contributed by atoms with Gasteiger partial charge in [-0.1, -0.05) is 41.4 Å². The van der Waals surface area contributed by atoms with Crippen LogP contribution >= 0.6 is 23.2 Å². The molecular formula is C22H24Cl2N4O. The number of nitrogens with one attached hydrogen (secondary N) is 1. The number of halogens is 2. The molecule has 0 atom stereocenters. The molecule has 152 valence electrons. The first-order chi connectivity index (χ1) is 14.0. The first kappa shape index (κ1) is 21.6. The fourth-order valence-electron chi connectivity index (χ4n) is 3.37. The zero-order valence-corrected chi connectivity index (χ0v) is 17.7. The van der Waals surface area contributed by atoms with Crippen LogP contribution in [0.25, 0.3) is 0 Å². The molecular weight excluding hydrogens is 407 g/mol. The van der Waals surface area contributed by atoms with Gasteiger partial charge in [-0.05, 0) is 41.8 Å². The third-order valence-electron chi connectivity index (χ3n) is 5.05. The van der Waals surface area contributed by atoms with Crippen LogP contribution in [0.1, 0.15) is 16.7 Å². The lowest BCUT2D eigenvalue weighted by molar-refractivity contribution is -0.122. The average Bonchev–Trinajstić information content (AvgIpc) is 2.72. The minimum atomic E-state index is 0.0376. The Hall–Kier alpha value is -2.10. The molecule has 0 aliphatic carbocycles. The van der Waals surface area contributed by atoms with Crippen molar-refractivity contribution in [2.24, 2.45) is 0 Å². The number of benzene rings is 2. The quantitative estimate of drug-likeness (QED) is 0.731. The number of rotatable bonds is 7. The number of hydrogen-bond acceptors (Lipinski definition) is 4. The van der Waals surface area contributed by atoms with Crippen LogP contribution in [-0.4, -0.2) is 55.0 Å². The third-order valence-corrected chi connectivity index (χ3v) is 5.64. The van der Waals surface area contributed by atoms with Crippen LogP contribution in [0.15, 0.2) is 42.5 Å². The summed E-state index contributed by atoms with van der Waals surface area (Å²) >= 11 is 12.1. The van der Waals surface area contributed by atoms with Crippen molar-refractivity contribution >= 4 is 29.1 Å². The van der Waals surface area contributed by atoms with Crippen LogP contribution in [0.3, 0.4) is 0 Å². The van der Waals surface area contributed by atoms with Gasteiger partial charge >= 0.3 is 0 Å². The predicted molar refractivity (Wildman–Crippen MR) is 116 cm³/mol. The van der Waals surface area contributed by atoms with Crippen molar-refractivity contribution in [2.45, 2.75) is 13.0 Å². The van der Waals surface area contributed by atoms with Crippen LogP contribution < -0.4 is 5.32 Å².